The Kier molecular flexibility index (Phi) is 1.60. The number of nitrogens with zero attached hydrogens (tertiary/aromatic N) is 1. The molecule has 0 saturated heterocycles. The average molecular weight is 131 g/mol. The number of alkyl halides is 1. The van der Waals surface area contributed by atoms with E-state index >= 15 is 0 Å². The van der Waals surface area contributed by atoms with Gasteiger partial charge in [-0.2, -0.15) is 0 Å². The van der Waals surface area contributed by atoms with Crippen LogP contribution in [0.5, 0.6) is 0 Å². The lowest BCUT2D eigenvalue weighted by molar-refractivity contribution is 0.391. The Balaban J connectivity index is 2.75. The second kappa shape index (κ2) is 2.25. The summed E-state index contributed by atoms with van der Waals surface area (Å²) in [5.74, 6) is -0.440. The summed E-state index contributed by atoms with van der Waals surface area (Å²) >= 11 is 0. The van der Waals surface area contributed by atoms with Crippen LogP contribution < -0.4 is 0 Å². The van der Waals surface area contributed by atoms with Crippen LogP contribution in [0.2, 0.25) is 0 Å². The van der Waals surface area contributed by atoms with Gasteiger partial charge >= 0.3 is 0 Å². The molecule has 0 radical (unpaired) electrons. The third-order valence-electron chi connectivity index (χ3n) is 1.20. The van der Waals surface area contributed by atoms with Crippen LogP contribution in [0.4, 0.5) is 8.78 Å². The lowest BCUT2D eigenvalue weighted by Crippen LogP contribution is -2.06. The summed E-state index contributed by atoms with van der Waals surface area (Å²) in [7, 11) is 0. The van der Waals surface area contributed by atoms with E-state index in [1.54, 1.807) is 0 Å². The molecule has 9 heavy (non-hydrogen) atoms. The van der Waals surface area contributed by atoms with Gasteiger partial charge in [-0.15, -0.1) is 0 Å². The Labute approximate surface area is 52.1 Å². The van der Waals surface area contributed by atoms with Crippen molar-refractivity contribution < 1.29 is 8.78 Å². The predicted octanol–water partition coefficient (Wildman–Crippen LogP) is 2.00. The van der Waals surface area contributed by atoms with E-state index in [9.17, 15) is 8.78 Å². The molecule has 1 aliphatic rings. The highest BCUT2D eigenvalue weighted by Gasteiger charge is 2.13. The smallest absolute Gasteiger partial charge is 0.141 e. The molecule has 0 aromatic carbocycles. The molecule has 1 aliphatic heterocycles. The SMILES string of the molecule is CC1=C(F)CC(F)C=N1. The van der Waals surface area contributed by atoms with Gasteiger partial charge in [0.2, 0.25) is 0 Å². The van der Waals surface area contributed by atoms with Gasteiger partial charge in [0.25, 0.3) is 0 Å². The molecule has 0 fully saturated rings. The summed E-state index contributed by atoms with van der Waals surface area (Å²) < 4.78 is 24.5. The molecular formula is C6H7F2N. The number of hydrogen-bond donors (Lipinski definition) is 0. The minimum atomic E-state index is -1.23. The summed E-state index contributed by atoms with van der Waals surface area (Å²) in [5.41, 5.74) is 0.295. The Hall–Kier alpha value is -0.730. The van der Waals surface area contributed by atoms with Gasteiger partial charge in [-0.25, -0.2) is 8.78 Å². The van der Waals surface area contributed by atoms with Gasteiger partial charge in [0.15, 0.2) is 0 Å². The topological polar surface area (TPSA) is 12.4 Å². The normalized spacial score (nSPS) is 27.2. The lowest BCUT2D eigenvalue weighted by Gasteiger charge is -2.06. The first-order valence-electron chi connectivity index (χ1n) is 2.73. The van der Waals surface area contributed by atoms with Gasteiger partial charge < -0.3 is 0 Å². The zero-order valence-electron chi connectivity index (χ0n) is 5.06. The zero-order valence-corrected chi connectivity index (χ0v) is 5.06. The fraction of sp³-hybridized carbons (Fsp3) is 0.500. The van der Waals surface area contributed by atoms with Crippen LogP contribution in [0.3, 0.4) is 0 Å². The van der Waals surface area contributed by atoms with Gasteiger partial charge in [-0.05, 0) is 6.92 Å². The van der Waals surface area contributed by atoms with Crippen LogP contribution in [0.1, 0.15) is 13.3 Å². The van der Waals surface area contributed by atoms with Crippen molar-refractivity contribution in [1.82, 2.24) is 0 Å². The summed E-state index contributed by atoms with van der Waals surface area (Å²) in [4.78, 5) is 3.50. The van der Waals surface area contributed by atoms with E-state index in [1.807, 2.05) is 0 Å². The quantitative estimate of drug-likeness (QED) is 0.476. The molecule has 0 aliphatic carbocycles. The maximum atomic E-state index is 12.4. The van der Waals surface area contributed by atoms with E-state index in [4.69, 9.17) is 0 Å². The van der Waals surface area contributed by atoms with Crippen molar-refractivity contribution in [1.29, 1.82) is 0 Å². The summed E-state index contributed by atoms with van der Waals surface area (Å²) in [5, 5.41) is 0. The second-order valence-electron chi connectivity index (χ2n) is 1.99. The maximum Gasteiger partial charge on any atom is 0.141 e. The Morgan fingerprint density at radius 3 is 2.89 bits per heavy atom. The number of aliphatic imine (C=N–C) groups is 1. The predicted molar refractivity (Wildman–Crippen MR) is 31.8 cm³/mol. The van der Waals surface area contributed by atoms with E-state index < -0.39 is 12.0 Å². The van der Waals surface area contributed by atoms with E-state index in [2.05, 4.69) is 4.99 Å². The summed E-state index contributed by atoms with van der Waals surface area (Å²) in [6, 6.07) is 0. The van der Waals surface area contributed by atoms with Crippen molar-refractivity contribution in [3.05, 3.63) is 11.5 Å². The fourth-order valence-corrected chi connectivity index (χ4v) is 0.634. The highest BCUT2D eigenvalue weighted by molar-refractivity contribution is 5.66. The van der Waals surface area contributed by atoms with E-state index in [1.165, 1.54) is 6.92 Å². The first kappa shape index (κ1) is 6.39. The summed E-state index contributed by atoms with van der Waals surface area (Å²) in [6.45, 7) is 1.53. The maximum absolute atomic E-state index is 12.4. The van der Waals surface area contributed by atoms with Crippen LogP contribution in [0, 0.1) is 0 Å². The van der Waals surface area contributed by atoms with Crippen molar-refractivity contribution in [3.63, 3.8) is 0 Å². The molecule has 1 rings (SSSR count). The lowest BCUT2D eigenvalue weighted by atomic mass is 10.2. The zero-order chi connectivity index (χ0) is 6.85. The van der Waals surface area contributed by atoms with Crippen LogP contribution >= 0.6 is 0 Å². The largest absolute Gasteiger partial charge is 0.260 e. The number of allylic oxidation sites excluding steroid dienone is 2. The number of halogens is 2. The third kappa shape index (κ3) is 1.34. The van der Waals surface area contributed by atoms with E-state index in [0.29, 0.717) is 5.70 Å². The monoisotopic (exact) mass is 131 g/mol. The minimum absolute atomic E-state index is 0.144. The minimum Gasteiger partial charge on any atom is -0.260 e. The Morgan fingerprint density at radius 2 is 2.44 bits per heavy atom. The van der Waals surface area contributed by atoms with Gasteiger partial charge in [-0.3, -0.25) is 4.99 Å². The van der Waals surface area contributed by atoms with Gasteiger partial charge in [0.05, 0.1) is 5.70 Å². The van der Waals surface area contributed by atoms with Crippen molar-refractivity contribution in [2.75, 3.05) is 0 Å². The highest BCUT2D eigenvalue weighted by Crippen LogP contribution is 2.18. The second-order valence-corrected chi connectivity index (χ2v) is 1.99. The molecule has 50 valence electrons. The van der Waals surface area contributed by atoms with Gasteiger partial charge in [-0.1, -0.05) is 0 Å². The highest BCUT2D eigenvalue weighted by atomic mass is 19.1. The molecule has 0 bridgehead atoms. The van der Waals surface area contributed by atoms with Gasteiger partial charge in [0, 0.05) is 12.6 Å². The van der Waals surface area contributed by atoms with Crippen LogP contribution in [0.25, 0.3) is 0 Å². The molecule has 1 unspecified atom stereocenters. The van der Waals surface area contributed by atoms with Crippen molar-refractivity contribution in [3.8, 4) is 0 Å². The molecular weight excluding hydrogens is 124 g/mol. The number of rotatable bonds is 0. The Morgan fingerprint density at radius 1 is 1.78 bits per heavy atom. The molecule has 0 N–H and O–H groups in total. The molecule has 0 spiro atoms. The first-order chi connectivity index (χ1) is 4.20. The van der Waals surface area contributed by atoms with Crippen molar-refractivity contribution >= 4 is 6.21 Å². The standard InChI is InChI=1S/C6H7F2N/c1-4-6(8)2-5(7)3-9-4/h3,5H,2H2,1H3. The molecule has 1 atom stereocenters. The first-order valence-corrected chi connectivity index (χ1v) is 2.73. The third-order valence-corrected chi connectivity index (χ3v) is 1.20. The molecule has 0 aromatic rings. The van der Waals surface area contributed by atoms with Crippen LogP contribution in [-0.4, -0.2) is 12.4 Å². The van der Waals surface area contributed by atoms with Crippen molar-refractivity contribution in [2.24, 2.45) is 4.99 Å². The van der Waals surface area contributed by atoms with Gasteiger partial charge in [0.1, 0.15) is 12.0 Å². The number of hydrogen-bond acceptors (Lipinski definition) is 1. The Bertz CT molecular complexity index is 172. The fourth-order valence-electron chi connectivity index (χ4n) is 0.634. The molecule has 0 amide bonds. The van der Waals surface area contributed by atoms with E-state index in [0.717, 1.165) is 6.21 Å². The van der Waals surface area contributed by atoms with Crippen molar-refractivity contribution in [2.45, 2.75) is 19.5 Å². The molecule has 0 aromatic heterocycles. The average Bonchev–Trinajstić information content (AvgIpc) is 1.80. The molecule has 0 saturated carbocycles. The molecule has 3 heteroatoms. The van der Waals surface area contributed by atoms with Crippen LogP contribution in [-0.2, 0) is 0 Å². The molecule has 1 heterocycles. The van der Waals surface area contributed by atoms with Crippen LogP contribution in [0.15, 0.2) is 16.5 Å². The van der Waals surface area contributed by atoms with E-state index in [-0.39, 0.29) is 6.42 Å². The molecule has 1 nitrogen and oxygen atoms in total. The summed E-state index contributed by atoms with van der Waals surface area (Å²) in [6.07, 6.45) is -0.248.